The molecule has 4 nitrogen and oxygen atoms in total. The van der Waals surface area contributed by atoms with Gasteiger partial charge in [-0.25, -0.2) is 0 Å². The molecule has 0 aliphatic carbocycles. The van der Waals surface area contributed by atoms with Gasteiger partial charge >= 0.3 is 0 Å². The van der Waals surface area contributed by atoms with Crippen molar-refractivity contribution >= 4 is 33.9 Å². The summed E-state index contributed by atoms with van der Waals surface area (Å²) in [5.41, 5.74) is 10.8. The number of benzene rings is 5. The van der Waals surface area contributed by atoms with Crippen LogP contribution in [0.3, 0.4) is 0 Å². The van der Waals surface area contributed by atoms with E-state index in [0.717, 1.165) is 72.7 Å². The molecular formula is C41H29BIrN2O2-2. The Kier molecular flexibility index (Phi) is 8.23. The van der Waals surface area contributed by atoms with Crippen molar-refractivity contribution in [3.63, 3.8) is 0 Å². The van der Waals surface area contributed by atoms with Crippen LogP contribution in [-0.2, 0) is 20.1 Å². The van der Waals surface area contributed by atoms with Gasteiger partial charge in [-0.3, -0.25) is 0 Å². The van der Waals surface area contributed by atoms with Crippen molar-refractivity contribution in [2.45, 2.75) is 20.8 Å². The molecule has 0 atom stereocenters. The largest absolute Gasteiger partial charge is 0.503 e. The Morgan fingerprint density at radius 2 is 1.28 bits per heavy atom. The van der Waals surface area contributed by atoms with Gasteiger partial charge in [0.2, 0.25) is 6.71 Å². The second-order valence-corrected chi connectivity index (χ2v) is 11.8. The molecule has 2 aliphatic heterocycles. The Morgan fingerprint density at radius 1 is 0.596 bits per heavy atom. The Morgan fingerprint density at radius 3 is 2.00 bits per heavy atom. The molecule has 0 bridgehead atoms. The second-order valence-electron chi connectivity index (χ2n) is 11.8. The van der Waals surface area contributed by atoms with E-state index in [0.29, 0.717) is 0 Å². The number of fused-ring (bicyclic) bond motifs is 5. The SMILES string of the molecule is Cc1c[c-]c(-c2cc(C)c(C)cn2)cc1.[Ir].[c-]1cc2c3c(c1-c1cc4ccccc4cn1)Oc1ccccc1B3c1ccccc1O2. The van der Waals surface area contributed by atoms with E-state index in [-0.39, 0.29) is 26.8 Å². The smallest absolute Gasteiger partial charge is 0.239 e. The fourth-order valence-corrected chi connectivity index (χ4v) is 6.17. The van der Waals surface area contributed by atoms with Crippen molar-refractivity contribution in [1.29, 1.82) is 0 Å². The van der Waals surface area contributed by atoms with Crippen molar-refractivity contribution in [1.82, 2.24) is 9.97 Å². The molecule has 229 valence electrons. The van der Waals surface area contributed by atoms with Crippen LogP contribution in [0.25, 0.3) is 33.3 Å². The number of aromatic nitrogens is 2. The summed E-state index contributed by atoms with van der Waals surface area (Å²) in [5, 5.41) is 2.25. The van der Waals surface area contributed by atoms with Gasteiger partial charge in [0.25, 0.3) is 0 Å². The summed E-state index contributed by atoms with van der Waals surface area (Å²) < 4.78 is 12.8. The zero-order valence-corrected chi connectivity index (χ0v) is 28.6. The minimum absolute atomic E-state index is 0. The quantitative estimate of drug-likeness (QED) is 0.132. The van der Waals surface area contributed by atoms with Crippen molar-refractivity contribution in [2.75, 3.05) is 0 Å². The third kappa shape index (κ3) is 5.65. The number of ether oxygens (including phenoxy) is 2. The van der Waals surface area contributed by atoms with Gasteiger partial charge in [-0.05, 0) is 64.6 Å². The number of nitrogens with zero attached hydrogens (tertiary/aromatic N) is 2. The van der Waals surface area contributed by atoms with Crippen molar-refractivity contribution in [3.8, 4) is 45.5 Å². The molecule has 2 aromatic heterocycles. The Bertz CT molecular complexity index is 2260. The van der Waals surface area contributed by atoms with Gasteiger partial charge in [-0.15, -0.1) is 47.5 Å². The molecule has 5 aromatic carbocycles. The summed E-state index contributed by atoms with van der Waals surface area (Å²) in [5.74, 6) is 3.31. The van der Waals surface area contributed by atoms with Crippen molar-refractivity contribution < 1.29 is 29.6 Å². The normalized spacial score (nSPS) is 11.9. The van der Waals surface area contributed by atoms with Crippen LogP contribution in [0.15, 0.2) is 122 Å². The van der Waals surface area contributed by atoms with Crippen LogP contribution in [0.5, 0.6) is 23.0 Å². The first-order valence-electron chi connectivity index (χ1n) is 15.4. The molecule has 0 saturated carbocycles. The summed E-state index contributed by atoms with van der Waals surface area (Å²) >= 11 is 0. The number of para-hydroxylation sites is 2. The third-order valence-corrected chi connectivity index (χ3v) is 8.77. The summed E-state index contributed by atoms with van der Waals surface area (Å²) in [6.07, 6.45) is 3.82. The molecule has 6 heteroatoms. The second kappa shape index (κ2) is 12.6. The van der Waals surface area contributed by atoms with Crippen molar-refractivity contribution in [2.24, 2.45) is 0 Å². The van der Waals surface area contributed by atoms with Gasteiger partial charge in [-0.1, -0.05) is 96.3 Å². The molecule has 9 rings (SSSR count). The van der Waals surface area contributed by atoms with Crippen LogP contribution < -0.4 is 25.9 Å². The van der Waals surface area contributed by atoms with E-state index in [1.165, 1.54) is 16.7 Å². The molecular weight excluding hydrogens is 755 g/mol. The Hall–Kier alpha value is -5.03. The van der Waals surface area contributed by atoms with E-state index in [4.69, 9.17) is 14.5 Å². The van der Waals surface area contributed by atoms with Crippen molar-refractivity contribution in [3.05, 3.63) is 150 Å². The first kappa shape index (κ1) is 30.6. The van der Waals surface area contributed by atoms with Crippen LogP contribution in [0.4, 0.5) is 0 Å². The van der Waals surface area contributed by atoms with E-state index < -0.39 is 0 Å². The maximum Gasteiger partial charge on any atom is 0.239 e. The van der Waals surface area contributed by atoms with Crippen LogP contribution in [0, 0.1) is 32.9 Å². The van der Waals surface area contributed by atoms with E-state index in [2.05, 4.69) is 98.6 Å². The van der Waals surface area contributed by atoms with E-state index >= 15 is 0 Å². The maximum absolute atomic E-state index is 6.49. The molecule has 0 unspecified atom stereocenters. The summed E-state index contributed by atoms with van der Waals surface area (Å²) in [7, 11) is 0. The van der Waals surface area contributed by atoms with E-state index in [1.807, 2.05) is 60.9 Å². The fourth-order valence-electron chi connectivity index (χ4n) is 6.17. The molecule has 0 N–H and O–H groups in total. The number of aryl methyl sites for hydroxylation is 3. The number of rotatable bonds is 2. The van der Waals surface area contributed by atoms with Crippen LogP contribution in [0.2, 0.25) is 0 Å². The first-order chi connectivity index (χ1) is 22.5. The topological polar surface area (TPSA) is 44.2 Å². The molecule has 1 radical (unpaired) electrons. The standard InChI is InChI=1S/C27H15BNO2.C14H14N.Ir/c1-2-8-18-16-29-22(15-17(18)7-1)19-13-14-25-26-27(19)31-24-12-6-4-10-21(24)28(26)20-9-3-5-11-23(20)30-25;1-10-4-6-13(7-5-10)14-8-11(2)12(3)9-15-14;/h1-12,14-16H;4-6,8-9H,1-3H3;/q2*-1;. The first-order valence-corrected chi connectivity index (χ1v) is 15.4. The molecule has 47 heavy (non-hydrogen) atoms. The monoisotopic (exact) mass is 785 g/mol. The summed E-state index contributed by atoms with van der Waals surface area (Å²) in [6, 6.07) is 43.6. The van der Waals surface area contributed by atoms with Gasteiger partial charge in [0, 0.05) is 44.0 Å². The molecule has 4 heterocycles. The fraction of sp³-hybridized carbons (Fsp3) is 0.0732. The van der Waals surface area contributed by atoms with Gasteiger partial charge in [-0.2, -0.15) is 0 Å². The summed E-state index contributed by atoms with van der Waals surface area (Å²) in [4.78, 5) is 9.14. The Balaban J connectivity index is 0.000000186. The maximum atomic E-state index is 6.49. The number of hydrogen-bond acceptors (Lipinski definition) is 4. The molecule has 2 aliphatic rings. The Labute approximate surface area is 288 Å². The number of pyridine rings is 2. The minimum atomic E-state index is 0. The van der Waals surface area contributed by atoms with Crippen LogP contribution >= 0.6 is 0 Å². The minimum Gasteiger partial charge on any atom is -0.503 e. The molecule has 0 amide bonds. The van der Waals surface area contributed by atoms with Gasteiger partial charge < -0.3 is 19.4 Å². The zero-order chi connectivity index (χ0) is 31.2. The van der Waals surface area contributed by atoms with E-state index in [9.17, 15) is 0 Å². The van der Waals surface area contributed by atoms with E-state index in [1.54, 1.807) is 0 Å². The average Bonchev–Trinajstić information content (AvgIpc) is 3.10. The molecule has 0 spiro atoms. The predicted molar refractivity (Wildman–Crippen MR) is 186 cm³/mol. The average molecular weight is 785 g/mol. The summed E-state index contributed by atoms with van der Waals surface area (Å²) in [6.45, 7) is 6.29. The van der Waals surface area contributed by atoms with Gasteiger partial charge in [0.1, 0.15) is 11.5 Å². The van der Waals surface area contributed by atoms with Crippen LogP contribution in [0.1, 0.15) is 16.7 Å². The third-order valence-electron chi connectivity index (χ3n) is 8.77. The zero-order valence-electron chi connectivity index (χ0n) is 26.2. The van der Waals surface area contributed by atoms with Gasteiger partial charge in [0.15, 0.2) is 0 Å². The molecule has 0 saturated heterocycles. The molecule has 7 aromatic rings. The molecule has 0 fully saturated rings. The number of hydrogen-bond donors (Lipinski definition) is 0. The van der Waals surface area contributed by atoms with Crippen LogP contribution in [-0.4, -0.2) is 16.7 Å². The predicted octanol–water partition coefficient (Wildman–Crippen LogP) is 7.90. The van der Waals surface area contributed by atoms with Gasteiger partial charge in [0.05, 0.1) is 0 Å².